The minimum atomic E-state index is -0.411. The van der Waals surface area contributed by atoms with Crippen molar-refractivity contribution in [1.29, 1.82) is 0 Å². The van der Waals surface area contributed by atoms with E-state index >= 15 is 0 Å². The fourth-order valence-corrected chi connectivity index (χ4v) is 3.00. The molecule has 0 aliphatic rings. The Kier molecular flexibility index (Phi) is 7.33. The molecule has 0 radical (unpaired) electrons. The van der Waals surface area contributed by atoms with Gasteiger partial charge in [-0.05, 0) is 70.2 Å². The second-order valence-corrected chi connectivity index (χ2v) is 7.12. The first kappa shape index (κ1) is 20.9. The van der Waals surface area contributed by atoms with Gasteiger partial charge in [0.25, 0.3) is 11.8 Å². The summed E-state index contributed by atoms with van der Waals surface area (Å²) in [5, 5.41) is 6.06. The van der Waals surface area contributed by atoms with Crippen LogP contribution < -0.4 is 10.6 Å². The maximum atomic E-state index is 12.5. The number of amides is 2. The molecule has 0 fully saturated rings. The van der Waals surface area contributed by atoms with Crippen LogP contribution in [0.15, 0.2) is 30.3 Å². The molecule has 144 valence electrons. The van der Waals surface area contributed by atoms with Gasteiger partial charge in [0.1, 0.15) is 11.4 Å². The van der Waals surface area contributed by atoms with Crippen LogP contribution in [-0.4, -0.2) is 48.9 Å². The second kappa shape index (κ2) is 9.48. The van der Waals surface area contributed by atoms with E-state index in [0.717, 1.165) is 24.1 Å². The van der Waals surface area contributed by atoms with Gasteiger partial charge in [0, 0.05) is 6.54 Å². The van der Waals surface area contributed by atoms with Crippen molar-refractivity contribution in [3.05, 3.63) is 57.9 Å². The van der Waals surface area contributed by atoms with E-state index in [-0.39, 0.29) is 17.3 Å². The molecule has 0 aliphatic heterocycles. The maximum Gasteiger partial charge on any atom is 0.274 e. The third-order valence-corrected chi connectivity index (χ3v) is 4.25. The summed E-state index contributed by atoms with van der Waals surface area (Å²) in [4.78, 5) is 31.0. The summed E-state index contributed by atoms with van der Waals surface area (Å²) in [5.74, 6) is -0.709. The van der Waals surface area contributed by atoms with Gasteiger partial charge in [0.05, 0.1) is 10.7 Å². The summed E-state index contributed by atoms with van der Waals surface area (Å²) in [6, 6.07) is 8.51. The Bertz CT molecular complexity index is 813. The van der Waals surface area contributed by atoms with Crippen molar-refractivity contribution >= 4 is 29.1 Å². The van der Waals surface area contributed by atoms with Crippen LogP contribution in [0.4, 0.5) is 5.69 Å². The molecule has 0 spiro atoms. The molecular formula is C20H25ClN4O2. The molecule has 2 N–H and O–H groups in total. The third kappa shape index (κ3) is 6.05. The Morgan fingerprint density at radius 2 is 1.78 bits per heavy atom. The van der Waals surface area contributed by atoms with Gasteiger partial charge in [-0.25, -0.2) is 4.98 Å². The lowest BCUT2D eigenvalue weighted by atomic mass is 10.1. The van der Waals surface area contributed by atoms with Crippen molar-refractivity contribution in [2.75, 3.05) is 32.5 Å². The maximum absolute atomic E-state index is 12.5. The van der Waals surface area contributed by atoms with Crippen molar-refractivity contribution < 1.29 is 9.59 Å². The van der Waals surface area contributed by atoms with Crippen molar-refractivity contribution in [1.82, 2.24) is 15.2 Å². The number of nitrogens with zero attached hydrogens (tertiary/aromatic N) is 2. The molecule has 0 aliphatic carbocycles. The third-order valence-electron chi connectivity index (χ3n) is 3.95. The van der Waals surface area contributed by atoms with E-state index in [4.69, 9.17) is 11.6 Å². The predicted octanol–water partition coefficient (Wildman–Crippen LogP) is 3.29. The lowest BCUT2D eigenvalue weighted by Crippen LogP contribution is -2.28. The molecule has 27 heavy (non-hydrogen) atoms. The molecule has 0 unspecified atom stereocenters. The number of anilines is 1. The zero-order valence-electron chi connectivity index (χ0n) is 16.1. The van der Waals surface area contributed by atoms with E-state index in [1.165, 1.54) is 0 Å². The highest BCUT2D eigenvalue weighted by Crippen LogP contribution is 2.27. The molecule has 1 aromatic carbocycles. The van der Waals surface area contributed by atoms with Crippen molar-refractivity contribution in [3.63, 3.8) is 0 Å². The van der Waals surface area contributed by atoms with E-state index in [1.807, 2.05) is 38.9 Å². The number of rotatable bonds is 7. The monoisotopic (exact) mass is 388 g/mol. The number of benzene rings is 1. The number of halogens is 1. The van der Waals surface area contributed by atoms with E-state index < -0.39 is 5.91 Å². The number of hydrogen-bond donors (Lipinski definition) is 2. The zero-order chi connectivity index (χ0) is 20.0. The van der Waals surface area contributed by atoms with Crippen LogP contribution >= 0.6 is 11.6 Å². The molecule has 2 aromatic rings. The highest BCUT2D eigenvalue weighted by atomic mass is 35.5. The molecule has 1 aromatic heterocycles. The van der Waals surface area contributed by atoms with Gasteiger partial charge in [-0.2, -0.15) is 0 Å². The van der Waals surface area contributed by atoms with Crippen molar-refractivity contribution in [2.45, 2.75) is 20.3 Å². The van der Waals surface area contributed by atoms with Gasteiger partial charge in [-0.1, -0.05) is 23.7 Å². The fourth-order valence-electron chi connectivity index (χ4n) is 2.63. The molecule has 1 heterocycles. The molecule has 7 heteroatoms. The first-order valence-corrected chi connectivity index (χ1v) is 9.14. The highest BCUT2D eigenvalue weighted by Gasteiger charge is 2.15. The lowest BCUT2D eigenvalue weighted by molar-refractivity contribution is 0.0947. The van der Waals surface area contributed by atoms with Crippen molar-refractivity contribution in [3.8, 4) is 0 Å². The van der Waals surface area contributed by atoms with E-state index in [2.05, 4.69) is 15.6 Å². The number of pyridine rings is 1. The number of hydrogen-bond acceptors (Lipinski definition) is 4. The Hall–Kier alpha value is -2.44. The van der Waals surface area contributed by atoms with Crippen LogP contribution in [-0.2, 0) is 0 Å². The number of aromatic nitrogens is 1. The molecule has 0 atom stereocenters. The standard InChI is InChI=1S/C20H25ClN4O2/c1-13-11-14(2)18(15(21)12-13)24-20(27)17-8-5-7-16(23-17)19(26)22-9-6-10-25(3)4/h5,7-8,11-12H,6,9-10H2,1-4H3,(H,22,26)(H,24,27). The van der Waals surface area contributed by atoms with E-state index in [0.29, 0.717) is 17.3 Å². The predicted molar refractivity (Wildman–Crippen MR) is 109 cm³/mol. The van der Waals surface area contributed by atoms with Crippen LogP contribution in [0.2, 0.25) is 5.02 Å². The number of carbonyl (C=O) groups excluding carboxylic acids is 2. The SMILES string of the molecule is Cc1cc(C)c(NC(=O)c2cccc(C(=O)NCCCN(C)C)n2)c(Cl)c1. The Morgan fingerprint density at radius 3 is 2.41 bits per heavy atom. The van der Waals surface area contributed by atoms with Crippen molar-refractivity contribution in [2.24, 2.45) is 0 Å². The molecule has 0 saturated carbocycles. The number of nitrogens with one attached hydrogen (secondary N) is 2. The largest absolute Gasteiger partial charge is 0.351 e. The molecule has 0 bridgehead atoms. The zero-order valence-corrected chi connectivity index (χ0v) is 16.9. The van der Waals surface area contributed by atoms with Gasteiger partial charge in [0.2, 0.25) is 0 Å². The van der Waals surface area contributed by atoms with Gasteiger partial charge < -0.3 is 15.5 Å². The molecule has 6 nitrogen and oxygen atoms in total. The quantitative estimate of drug-likeness (QED) is 0.714. The Morgan fingerprint density at radius 1 is 1.11 bits per heavy atom. The first-order chi connectivity index (χ1) is 12.8. The summed E-state index contributed by atoms with van der Waals surface area (Å²) in [6.45, 7) is 5.24. The van der Waals surface area contributed by atoms with Gasteiger partial charge >= 0.3 is 0 Å². The van der Waals surface area contributed by atoms with Crippen LogP contribution in [0.5, 0.6) is 0 Å². The number of carbonyl (C=O) groups is 2. The fraction of sp³-hybridized carbons (Fsp3) is 0.350. The highest BCUT2D eigenvalue weighted by molar-refractivity contribution is 6.34. The normalized spacial score (nSPS) is 10.7. The summed E-state index contributed by atoms with van der Waals surface area (Å²) in [5.41, 5.74) is 2.79. The smallest absolute Gasteiger partial charge is 0.274 e. The van der Waals surface area contributed by atoms with Crippen LogP contribution in [0, 0.1) is 13.8 Å². The lowest BCUT2D eigenvalue weighted by Gasteiger charge is -2.12. The summed E-state index contributed by atoms with van der Waals surface area (Å²) in [6.07, 6.45) is 0.837. The minimum absolute atomic E-state index is 0.159. The molecule has 0 saturated heterocycles. The van der Waals surface area contributed by atoms with Gasteiger partial charge in [0.15, 0.2) is 0 Å². The van der Waals surface area contributed by atoms with Crippen LogP contribution in [0.25, 0.3) is 0 Å². The van der Waals surface area contributed by atoms with E-state index in [1.54, 1.807) is 24.3 Å². The Balaban J connectivity index is 2.06. The van der Waals surface area contributed by atoms with Gasteiger partial charge in [-0.3, -0.25) is 9.59 Å². The molecule has 2 rings (SSSR count). The summed E-state index contributed by atoms with van der Waals surface area (Å²) >= 11 is 6.24. The molecular weight excluding hydrogens is 364 g/mol. The average molecular weight is 389 g/mol. The first-order valence-electron chi connectivity index (χ1n) is 8.76. The minimum Gasteiger partial charge on any atom is -0.351 e. The summed E-state index contributed by atoms with van der Waals surface area (Å²) < 4.78 is 0. The second-order valence-electron chi connectivity index (χ2n) is 6.71. The van der Waals surface area contributed by atoms with E-state index in [9.17, 15) is 9.59 Å². The van der Waals surface area contributed by atoms with Crippen LogP contribution in [0.3, 0.4) is 0 Å². The number of aryl methyl sites for hydroxylation is 2. The summed E-state index contributed by atoms with van der Waals surface area (Å²) in [7, 11) is 3.96. The molecule has 2 amide bonds. The average Bonchev–Trinajstić information content (AvgIpc) is 2.61. The van der Waals surface area contributed by atoms with Crippen LogP contribution in [0.1, 0.15) is 38.5 Å². The van der Waals surface area contributed by atoms with Gasteiger partial charge in [-0.15, -0.1) is 0 Å². The topological polar surface area (TPSA) is 74.3 Å². The Labute approximate surface area is 164 Å².